The van der Waals surface area contributed by atoms with Crippen LogP contribution in [0.1, 0.15) is 17.7 Å². The van der Waals surface area contributed by atoms with E-state index in [-0.39, 0.29) is 0 Å². The van der Waals surface area contributed by atoms with Gasteiger partial charge in [-0.25, -0.2) is 18.6 Å². The van der Waals surface area contributed by atoms with Crippen LogP contribution in [0.3, 0.4) is 0 Å². The lowest BCUT2D eigenvalue weighted by atomic mass is 10.0. The van der Waals surface area contributed by atoms with Crippen molar-refractivity contribution >= 4 is 28.2 Å². The highest BCUT2D eigenvalue weighted by Crippen LogP contribution is 2.40. The molecule has 8 heteroatoms. The van der Waals surface area contributed by atoms with Crippen molar-refractivity contribution in [3.05, 3.63) is 59.3 Å². The summed E-state index contributed by atoms with van der Waals surface area (Å²) in [6, 6.07) is 8.58. The van der Waals surface area contributed by atoms with Crippen LogP contribution in [0.2, 0.25) is 0 Å². The van der Waals surface area contributed by atoms with Crippen LogP contribution in [0.15, 0.2) is 36.4 Å². The highest BCUT2D eigenvalue weighted by Gasteiger charge is 2.21. The standard InChI is InChI=1S/C20H17F2N3O2S/c1-27-12-9-8-11-4-2-7-16-18(13(11)10-12)28-20(23-16)25-19(26)24-17-14(21)5-3-6-15(17)22/h3,5-6,8-10H,2,4,7H2,1H3,(H2,23,24,25,26). The van der Waals surface area contributed by atoms with E-state index in [1.807, 2.05) is 18.2 Å². The van der Waals surface area contributed by atoms with Crippen LogP contribution >= 0.6 is 11.3 Å². The van der Waals surface area contributed by atoms with Gasteiger partial charge in [0.15, 0.2) is 5.13 Å². The monoisotopic (exact) mass is 401 g/mol. The van der Waals surface area contributed by atoms with Crippen molar-refractivity contribution in [3.8, 4) is 16.2 Å². The quantitative estimate of drug-likeness (QED) is 0.632. The Labute approximate surface area is 164 Å². The summed E-state index contributed by atoms with van der Waals surface area (Å²) in [5, 5.41) is 5.15. The van der Waals surface area contributed by atoms with E-state index in [0.29, 0.717) is 5.13 Å². The van der Waals surface area contributed by atoms with Crippen LogP contribution in [0.4, 0.5) is 24.4 Å². The highest BCUT2D eigenvalue weighted by atomic mass is 32.1. The molecular formula is C20H17F2N3O2S. The zero-order valence-electron chi connectivity index (χ0n) is 15.0. The Morgan fingerprint density at radius 1 is 1.14 bits per heavy atom. The van der Waals surface area contributed by atoms with Gasteiger partial charge >= 0.3 is 6.03 Å². The number of thiazole rings is 1. The summed E-state index contributed by atoms with van der Waals surface area (Å²) in [4.78, 5) is 17.7. The summed E-state index contributed by atoms with van der Waals surface area (Å²) in [6.07, 6.45) is 2.68. The van der Waals surface area contributed by atoms with E-state index < -0.39 is 23.4 Å². The van der Waals surface area contributed by atoms with Gasteiger partial charge in [0, 0.05) is 5.56 Å². The topological polar surface area (TPSA) is 63.2 Å². The maximum atomic E-state index is 13.7. The van der Waals surface area contributed by atoms with Crippen molar-refractivity contribution in [1.82, 2.24) is 4.98 Å². The van der Waals surface area contributed by atoms with Gasteiger partial charge in [-0.05, 0) is 49.1 Å². The Morgan fingerprint density at radius 2 is 1.93 bits per heavy atom. The van der Waals surface area contributed by atoms with Gasteiger partial charge in [0.2, 0.25) is 0 Å². The molecule has 0 saturated heterocycles. The molecule has 0 bridgehead atoms. The zero-order chi connectivity index (χ0) is 19.7. The van der Waals surface area contributed by atoms with Gasteiger partial charge in [-0.1, -0.05) is 23.5 Å². The summed E-state index contributed by atoms with van der Waals surface area (Å²) in [6.45, 7) is 0. The van der Waals surface area contributed by atoms with Gasteiger partial charge in [0.1, 0.15) is 23.1 Å². The van der Waals surface area contributed by atoms with E-state index in [1.54, 1.807) is 7.11 Å². The number of aromatic nitrogens is 1. The molecule has 1 aliphatic rings. The largest absolute Gasteiger partial charge is 0.497 e. The molecule has 0 radical (unpaired) electrons. The average Bonchev–Trinajstić information content (AvgIpc) is 2.99. The number of halogens is 2. The first-order chi connectivity index (χ1) is 13.5. The van der Waals surface area contributed by atoms with E-state index in [4.69, 9.17) is 4.74 Å². The smallest absolute Gasteiger partial charge is 0.325 e. The first kappa shape index (κ1) is 18.4. The molecule has 1 aromatic heterocycles. The van der Waals surface area contributed by atoms with Crippen molar-refractivity contribution in [2.45, 2.75) is 19.3 Å². The molecule has 4 rings (SSSR count). The fourth-order valence-corrected chi connectivity index (χ4v) is 4.26. The molecule has 144 valence electrons. The van der Waals surface area contributed by atoms with Crippen LogP contribution in [-0.4, -0.2) is 18.1 Å². The first-order valence-electron chi connectivity index (χ1n) is 8.74. The fraction of sp³-hybridized carbons (Fsp3) is 0.200. The van der Waals surface area contributed by atoms with Gasteiger partial charge in [0.05, 0.1) is 17.7 Å². The number of amides is 2. The van der Waals surface area contributed by atoms with Crippen molar-refractivity contribution in [2.75, 3.05) is 17.7 Å². The molecule has 0 aliphatic heterocycles. The number of fused-ring (bicyclic) bond motifs is 3. The number of carbonyl (C=O) groups is 1. The lowest BCUT2D eigenvalue weighted by molar-refractivity contribution is 0.262. The summed E-state index contributed by atoms with van der Waals surface area (Å²) < 4.78 is 32.7. The molecule has 2 N–H and O–H groups in total. The van der Waals surface area contributed by atoms with Crippen LogP contribution in [-0.2, 0) is 12.8 Å². The molecular weight excluding hydrogens is 384 g/mol. The predicted octanol–water partition coefficient (Wildman–Crippen LogP) is 5.23. The first-order valence-corrected chi connectivity index (χ1v) is 9.56. The maximum Gasteiger partial charge on any atom is 0.325 e. The molecule has 2 aromatic carbocycles. The number of methoxy groups -OCH3 is 1. The second-order valence-corrected chi connectivity index (χ2v) is 7.35. The summed E-state index contributed by atoms with van der Waals surface area (Å²) in [5.41, 5.74) is 2.64. The Bertz CT molecular complexity index is 1030. The van der Waals surface area contributed by atoms with E-state index in [9.17, 15) is 13.6 Å². The Balaban J connectivity index is 1.59. The van der Waals surface area contributed by atoms with Crippen molar-refractivity contribution in [2.24, 2.45) is 0 Å². The van der Waals surface area contributed by atoms with Crippen molar-refractivity contribution in [1.29, 1.82) is 0 Å². The fourth-order valence-electron chi connectivity index (χ4n) is 3.20. The van der Waals surface area contributed by atoms with E-state index in [1.165, 1.54) is 23.0 Å². The van der Waals surface area contributed by atoms with E-state index in [0.717, 1.165) is 53.3 Å². The molecule has 1 heterocycles. The number of nitrogens with one attached hydrogen (secondary N) is 2. The number of aryl methyl sites for hydroxylation is 2. The summed E-state index contributed by atoms with van der Waals surface area (Å²) in [5.74, 6) is -0.931. The van der Waals surface area contributed by atoms with Gasteiger partial charge in [0.25, 0.3) is 0 Å². The minimum atomic E-state index is -0.842. The number of urea groups is 1. The molecule has 28 heavy (non-hydrogen) atoms. The van der Waals surface area contributed by atoms with Crippen LogP contribution < -0.4 is 15.4 Å². The molecule has 0 atom stereocenters. The number of anilines is 2. The van der Waals surface area contributed by atoms with E-state index >= 15 is 0 Å². The third kappa shape index (κ3) is 3.55. The predicted molar refractivity (Wildman–Crippen MR) is 105 cm³/mol. The van der Waals surface area contributed by atoms with Crippen LogP contribution in [0.5, 0.6) is 5.75 Å². The minimum absolute atomic E-state index is 0.370. The second kappa shape index (κ2) is 7.55. The van der Waals surface area contributed by atoms with Crippen LogP contribution in [0, 0.1) is 11.6 Å². The Morgan fingerprint density at radius 3 is 2.68 bits per heavy atom. The third-order valence-electron chi connectivity index (χ3n) is 4.54. The number of nitrogens with zero attached hydrogens (tertiary/aromatic N) is 1. The molecule has 0 spiro atoms. The molecule has 0 unspecified atom stereocenters. The van der Waals surface area contributed by atoms with Gasteiger partial charge in [-0.3, -0.25) is 5.32 Å². The molecule has 0 saturated carbocycles. The van der Waals surface area contributed by atoms with Gasteiger partial charge in [-0.2, -0.15) is 0 Å². The summed E-state index contributed by atoms with van der Waals surface area (Å²) >= 11 is 1.33. The zero-order valence-corrected chi connectivity index (χ0v) is 15.8. The average molecular weight is 401 g/mol. The number of para-hydroxylation sites is 1. The molecule has 2 amide bonds. The van der Waals surface area contributed by atoms with Crippen LogP contribution in [0.25, 0.3) is 10.4 Å². The Kier molecular flexibility index (Phi) is 4.95. The van der Waals surface area contributed by atoms with E-state index in [2.05, 4.69) is 15.6 Å². The van der Waals surface area contributed by atoms with Gasteiger partial charge in [-0.15, -0.1) is 0 Å². The SMILES string of the molecule is COc1ccc2c(c1)-c1sc(NC(=O)Nc3c(F)cccc3F)nc1CCC2. The molecule has 0 fully saturated rings. The summed E-state index contributed by atoms with van der Waals surface area (Å²) in [7, 11) is 1.62. The number of hydrogen-bond donors (Lipinski definition) is 2. The number of carbonyl (C=O) groups excluding carboxylic acids is 1. The van der Waals surface area contributed by atoms with Crippen molar-refractivity contribution in [3.63, 3.8) is 0 Å². The molecule has 5 nitrogen and oxygen atoms in total. The van der Waals surface area contributed by atoms with Gasteiger partial charge < -0.3 is 10.1 Å². The number of hydrogen-bond acceptors (Lipinski definition) is 4. The molecule has 1 aliphatic carbocycles. The van der Waals surface area contributed by atoms with Crippen molar-refractivity contribution < 1.29 is 18.3 Å². The number of benzene rings is 2. The highest BCUT2D eigenvalue weighted by molar-refractivity contribution is 7.19. The lowest BCUT2D eigenvalue weighted by Gasteiger charge is -2.08. The second-order valence-electron chi connectivity index (χ2n) is 6.35. The maximum absolute atomic E-state index is 13.7. The minimum Gasteiger partial charge on any atom is -0.497 e. The molecule has 3 aromatic rings. The third-order valence-corrected chi connectivity index (χ3v) is 5.59. The Hall–Kier alpha value is -3.00. The number of rotatable bonds is 3. The normalized spacial score (nSPS) is 12.5. The number of ether oxygens (including phenoxy) is 1. The lowest BCUT2D eigenvalue weighted by Crippen LogP contribution is -2.20.